The highest BCUT2D eigenvalue weighted by atomic mass is 31.2. The molecule has 0 bridgehead atoms. The molecule has 316 valence electrons. The zero-order valence-electron chi connectivity index (χ0n) is 35.1. The molecule has 0 aromatic rings. The van der Waals surface area contributed by atoms with Gasteiger partial charge >= 0.3 is 13.8 Å². The first-order valence-corrected chi connectivity index (χ1v) is 23.0. The predicted octanol–water partition coefficient (Wildman–Crippen LogP) is 11.4. The summed E-state index contributed by atoms with van der Waals surface area (Å²) in [5.41, 5.74) is 0. The van der Waals surface area contributed by atoms with E-state index in [9.17, 15) is 14.3 Å². The van der Waals surface area contributed by atoms with Gasteiger partial charge in [-0.05, 0) is 57.8 Å². The number of phosphoric acid groups is 1. The maximum absolute atomic E-state index is 12.7. The lowest BCUT2D eigenvalue weighted by atomic mass is 10.0. The number of rotatable bonds is 40. The number of aliphatic hydroxyl groups is 1. The molecule has 0 aliphatic heterocycles. The Kier molecular flexibility index (Phi) is 37.2. The predicted molar refractivity (Wildman–Crippen MR) is 225 cm³/mol. The van der Waals surface area contributed by atoms with Crippen LogP contribution in [0.2, 0.25) is 0 Å². The maximum Gasteiger partial charge on any atom is 0.472 e. The first-order valence-electron chi connectivity index (χ1n) is 21.5. The fourth-order valence-electron chi connectivity index (χ4n) is 5.58. The molecular formula is C44H83NO8P+. The fraction of sp³-hybridized carbons (Fsp3) is 0.795. The molecule has 0 amide bonds. The zero-order chi connectivity index (χ0) is 39.9. The van der Waals surface area contributed by atoms with Crippen molar-refractivity contribution in [1.29, 1.82) is 0 Å². The number of quaternary nitrogens is 1. The number of ether oxygens (including phenoxy) is 2. The number of carbonyl (C=O) groups is 1. The van der Waals surface area contributed by atoms with Crippen molar-refractivity contribution >= 4 is 13.8 Å². The average Bonchev–Trinajstić information content (AvgIpc) is 3.12. The van der Waals surface area contributed by atoms with Gasteiger partial charge in [0, 0.05) is 19.6 Å². The van der Waals surface area contributed by atoms with E-state index in [1.54, 1.807) is 0 Å². The molecule has 0 rings (SSSR count). The molecule has 2 atom stereocenters. The Morgan fingerprint density at radius 1 is 0.611 bits per heavy atom. The number of esters is 1. The van der Waals surface area contributed by atoms with Crippen LogP contribution >= 0.6 is 7.82 Å². The van der Waals surface area contributed by atoms with Gasteiger partial charge < -0.3 is 24.0 Å². The number of likely N-dealkylation sites (N-methyl/N-ethyl adjacent to an activating group) is 1. The smallest absolute Gasteiger partial charge is 0.457 e. The normalized spacial score (nSPS) is 14.3. The van der Waals surface area contributed by atoms with Crippen molar-refractivity contribution in [3.05, 3.63) is 48.6 Å². The molecule has 0 radical (unpaired) electrons. The minimum absolute atomic E-state index is 0.0732. The standard InChI is InChI=1S/C44H82NO8P/c1-5-6-7-8-9-10-11-12-20-23-26-29-32-35-39-50-41-43(42-52-54(48,49)51-40-37-45(2,3)4)53-44(47)36-33-30-27-24-21-18-16-14-13-15-17-19-22-25-28-31-34-38-46/h13,15-16,18-19,22,24,27,43,46H,5-12,14,17,20-21,23,25-26,28-42H2,1-4H3/p+1/b15-13-,18-16-,22-19-,27-24-. The van der Waals surface area contributed by atoms with Crippen LogP contribution in [0.15, 0.2) is 48.6 Å². The van der Waals surface area contributed by atoms with Crippen molar-refractivity contribution in [3.63, 3.8) is 0 Å². The van der Waals surface area contributed by atoms with Gasteiger partial charge in [-0.3, -0.25) is 13.8 Å². The Morgan fingerprint density at radius 2 is 1.09 bits per heavy atom. The van der Waals surface area contributed by atoms with E-state index in [4.69, 9.17) is 23.6 Å². The van der Waals surface area contributed by atoms with Gasteiger partial charge in [-0.1, -0.05) is 145 Å². The highest BCUT2D eigenvalue weighted by Crippen LogP contribution is 2.43. The van der Waals surface area contributed by atoms with E-state index >= 15 is 0 Å². The van der Waals surface area contributed by atoms with E-state index in [0.717, 1.165) is 64.2 Å². The summed E-state index contributed by atoms with van der Waals surface area (Å²) >= 11 is 0. The molecule has 0 fully saturated rings. The third kappa shape index (κ3) is 41.6. The topological polar surface area (TPSA) is 112 Å². The van der Waals surface area contributed by atoms with Crippen LogP contribution in [0.4, 0.5) is 0 Å². The summed E-state index contributed by atoms with van der Waals surface area (Å²) in [5.74, 6) is -0.376. The Bertz CT molecular complexity index is 1010. The van der Waals surface area contributed by atoms with Crippen LogP contribution in [0, 0.1) is 0 Å². The maximum atomic E-state index is 12.7. The third-order valence-corrected chi connectivity index (χ3v) is 9.93. The first-order chi connectivity index (χ1) is 26.1. The van der Waals surface area contributed by atoms with Gasteiger partial charge in [-0.2, -0.15) is 0 Å². The lowest BCUT2D eigenvalue weighted by Crippen LogP contribution is -2.37. The highest BCUT2D eigenvalue weighted by molar-refractivity contribution is 7.47. The summed E-state index contributed by atoms with van der Waals surface area (Å²) in [6.07, 6.45) is 43.0. The minimum atomic E-state index is -4.29. The molecular weight excluding hydrogens is 701 g/mol. The molecule has 0 aromatic heterocycles. The van der Waals surface area contributed by atoms with E-state index in [0.29, 0.717) is 24.1 Å². The van der Waals surface area contributed by atoms with Crippen LogP contribution in [0.5, 0.6) is 0 Å². The van der Waals surface area contributed by atoms with Gasteiger partial charge in [-0.15, -0.1) is 0 Å². The third-order valence-electron chi connectivity index (χ3n) is 8.95. The van der Waals surface area contributed by atoms with E-state index in [2.05, 4.69) is 55.5 Å². The number of hydrogen-bond acceptors (Lipinski definition) is 7. The second kappa shape index (κ2) is 38.3. The lowest BCUT2D eigenvalue weighted by molar-refractivity contribution is -0.870. The lowest BCUT2D eigenvalue weighted by Gasteiger charge is -2.24. The first kappa shape index (κ1) is 52.4. The molecule has 9 nitrogen and oxygen atoms in total. The van der Waals surface area contributed by atoms with Crippen molar-refractivity contribution in [1.82, 2.24) is 0 Å². The van der Waals surface area contributed by atoms with E-state index in [1.807, 2.05) is 21.1 Å². The summed E-state index contributed by atoms with van der Waals surface area (Å²) in [7, 11) is 1.61. The number of hydrogen-bond donors (Lipinski definition) is 2. The molecule has 0 aliphatic carbocycles. The van der Waals surface area contributed by atoms with Crippen molar-refractivity contribution in [3.8, 4) is 0 Å². The van der Waals surface area contributed by atoms with Crippen LogP contribution in [0.25, 0.3) is 0 Å². The van der Waals surface area contributed by atoms with Crippen molar-refractivity contribution in [2.75, 3.05) is 60.7 Å². The SMILES string of the molecule is CCCCCCCCCCCCCCCCOCC(COP(=O)(O)OCC[N+](C)(C)C)OC(=O)CCC/C=C\C/C=C\C/C=C\C/C=C\CCCCCO. The number of carbonyl (C=O) groups excluding carboxylic acids is 1. The summed E-state index contributed by atoms with van der Waals surface area (Å²) < 4.78 is 34.9. The number of unbranched alkanes of at least 4 members (excludes halogenated alkanes) is 17. The van der Waals surface area contributed by atoms with Gasteiger partial charge in [-0.25, -0.2) is 4.57 Å². The van der Waals surface area contributed by atoms with Crippen molar-refractivity contribution < 1.29 is 42.4 Å². The molecule has 0 heterocycles. The quantitative estimate of drug-likeness (QED) is 0.0208. The van der Waals surface area contributed by atoms with Crippen LogP contribution in [-0.2, 0) is 27.9 Å². The highest BCUT2D eigenvalue weighted by Gasteiger charge is 2.26. The number of phosphoric ester groups is 1. The van der Waals surface area contributed by atoms with Crippen LogP contribution < -0.4 is 0 Å². The molecule has 0 saturated heterocycles. The van der Waals surface area contributed by atoms with Gasteiger partial charge in [0.1, 0.15) is 19.3 Å². The molecule has 0 spiro atoms. The number of aliphatic hydroxyl groups excluding tert-OH is 1. The molecule has 0 aliphatic rings. The fourth-order valence-corrected chi connectivity index (χ4v) is 6.32. The van der Waals surface area contributed by atoms with E-state index in [1.165, 1.54) is 77.0 Å². The summed E-state index contributed by atoms with van der Waals surface area (Å²) in [6, 6.07) is 0. The van der Waals surface area contributed by atoms with Gasteiger partial charge in [0.2, 0.25) is 0 Å². The summed E-state index contributed by atoms with van der Waals surface area (Å²) in [6.45, 7) is 3.55. The number of allylic oxidation sites excluding steroid dienone is 8. The molecule has 2 unspecified atom stereocenters. The monoisotopic (exact) mass is 785 g/mol. The Balaban J connectivity index is 4.35. The van der Waals surface area contributed by atoms with Gasteiger partial charge in [0.15, 0.2) is 0 Å². The second-order valence-corrected chi connectivity index (χ2v) is 16.9. The Labute approximate surface area is 331 Å². The zero-order valence-corrected chi connectivity index (χ0v) is 36.0. The summed E-state index contributed by atoms with van der Waals surface area (Å²) in [4.78, 5) is 22.8. The Morgan fingerprint density at radius 3 is 1.61 bits per heavy atom. The largest absolute Gasteiger partial charge is 0.472 e. The van der Waals surface area contributed by atoms with Crippen molar-refractivity contribution in [2.45, 2.75) is 167 Å². The van der Waals surface area contributed by atoms with E-state index < -0.39 is 13.9 Å². The molecule has 54 heavy (non-hydrogen) atoms. The van der Waals surface area contributed by atoms with Crippen LogP contribution in [-0.4, -0.2) is 87.3 Å². The molecule has 2 N–H and O–H groups in total. The van der Waals surface area contributed by atoms with E-state index in [-0.39, 0.29) is 38.8 Å². The summed E-state index contributed by atoms with van der Waals surface area (Å²) in [5, 5.41) is 8.80. The minimum Gasteiger partial charge on any atom is -0.457 e. The average molecular weight is 785 g/mol. The van der Waals surface area contributed by atoms with Crippen molar-refractivity contribution in [2.24, 2.45) is 0 Å². The van der Waals surface area contributed by atoms with Gasteiger partial charge in [0.25, 0.3) is 0 Å². The molecule has 10 heteroatoms. The van der Waals surface area contributed by atoms with Crippen LogP contribution in [0.3, 0.4) is 0 Å². The number of nitrogens with zero attached hydrogens (tertiary/aromatic N) is 1. The Hall–Kier alpha value is -1.58. The second-order valence-electron chi connectivity index (χ2n) is 15.5. The van der Waals surface area contributed by atoms with Crippen LogP contribution in [0.1, 0.15) is 161 Å². The van der Waals surface area contributed by atoms with Gasteiger partial charge in [0.05, 0.1) is 34.4 Å². The molecule has 0 aromatic carbocycles. The molecule has 0 saturated carbocycles.